The molecule has 132 valence electrons. The second kappa shape index (κ2) is 8.14. The Hall–Kier alpha value is -1.84. The predicted molar refractivity (Wildman–Crippen MR) is 83.2 cm³/mol. The third-order valence-electron chi connectivity index (χ3n) is 2.74. The van der Waals surface area contributed by atoms with Crippen LogP contribution in [0.4, 0.5) is 0 Å². The summed E-state index contributed by atoms with van der Waals surface area (Å²) >= 11 is 0.817. The predicted octanol–water partition coefficient (Wildman–Crippen LogP) is 1.10. The molecule has 0 rings (SSSR count). The number of carboxylic acid groups (broad SMARTS) is 1. The minimum absolute atomic E-state index is 0.136. The maximum absolute atomic E-state index is 12.1. The van der Waals surface area contributed by atoms with Crippen molar-refractivity contribution >= 4 is 28.8 Å². The average molecular weight is 350 g/mol. The number of nitrogens with zero attached hydrogens (tertiary/aromatic N) is 1. The Bertz CT molecular complexity index is 485. The lowest BCUT2D eigenvalue weighted by atomic mass is 9.93. The van der Waals surface area contributed by atoms with Crippen molar-refractivity contribution < 1.29 is 29.4 Å². The maximum Gasteiger partial charge on any atom is 0.327 e. The number of hydrogen-bond acceptors (Lipinski definition) is 7. The van der Waals surface area contributed by atoms with Crippen LogP contribution in [0.1, 0.15) is 34.6 Å². The highest BCUT2D eigenvalue weighted by Gasteiger charge is 2.33. The van der Waals surface area contributed by atoms with Gasteiger partial charge in [0.05, 0.1) is 5.41 Å². The Morgan fingerprint density at radius 1 is 1.26 bits per heavy atom. The molecule has 0 bridgehead atoms. The minimum atomic E-state index is -1.29. The Morgan fingerprint density at radius 2 is 1.78 bits per heavy atom. The quantitative estimate of drug-likeness (QED) is 0.490. The lowest BCUT2D eigenvalue weighted by molar-refractivity contribution is -0.760. The van der Waals surface area contributed by atoms with Gasteiger partial charge >= 0.3 is 5.97 Å². The second-order valence-corrected chi connectivity index (χ2v) is 7.59. The second-order valence-electron chi connectivity index (χ2n) is 6.59. The molecule has 0 aliphatic carbocycles. The van der Waals surface area contributed by atoms with Gasteiger partial charge < -0.3 is 15.3 Å². The van der Waals surface area contributed by atoms with Crippen LogP contribution in [0, 0.1) is 20.9 Å². The highest BCUT2D eigenvalue weighted by molar-refractivity contribution is 8.13. The van der Waals surface area contributed by atoms with Crippen LogP contribution in [0.5, 0.6) is 0 Å². The number of carboxylic acids is 1. The number of nitrogens with one attached hydrogen (secondary N) is 1. The van der Waals surface area contributed by atoms with Crippen molar-refractivity contribution in [3.8, 4) is 0 Å². The van der Waals surface area contributed by atoms with Crippen molar-refractivity contribution in [1.82, 2.24) is 5.32 Å². The van der Waals surface area contributed by atoms with Gasteiger partial charge in [0.15, 0.2) is 5.12 Å². The fourth-order valence-corrected chi connectivity index (χ4v) is 2.16. The van der Waals surface area contributed by atoms with E-state index < -0.39 is 40.4 Å². The van der Waals surface area contributed by atoms with E-state index in [2.05, 4.69) is 10.2 Å². The molecule has 2 N–H and O–H groups in total. The summed E-state index contributed by atoms with van der Waals surface area (Å²) in [6, 6.07) is -1.28. The van der Waals surface area contributed by atoms with Gasteiger partial charge in [0.1, 0.15) is 12.6 Å². The first-order valence-electron chi connectivity index (χ1n) is 6.75. The molecule has 0 aromatic rings. The van der Waals surface area contributed by atoms with Gasteiger partial charge in [0.2, 0.25) is 5.91 Å². The summed E-state index contributed by atoms with van der Waals surface area (Å²) in [5, 5.41) is 20.4. The molecule has 0 saturated carbocycles. The van der Waals surface area contributed by atoms with Gasteiger partial charge in [-0.3, -0.25) is 9.59 Å². The number of hydrogen-bond donors (Lipinski definition) is 2. The van der Waals surface area contributed by atoms with E-state index in [1.807, 2.05) is 0 Å². The van der Waals surface area contributed by atoms with Gasteiger partial charge in [-0.15, -0.1) is 10.1 Å². The number of carbonyl (C=O) groups excluding carboxylic acids is 2. The van der Waals surface area contributed by atoms with Crippen LogP contribution in [0.15, 0.2) is 0 Å². The molecule has 1 unspecified atom stereocenters. The van der Waals surface area contributed by atoms with Crippen molar-refractivity contribution in [3.63, 3.8) is 0 Å². The van der Waals surface area contributed by atoms with Gasteiger partial charge in [-0.05, 0) is 13.8 Å². The fraction of sp³-hybridized carbons (Fsp3) is 0.769. The SMILES string of the molecule is CC(C)(C)C(=O)SCC(NC(=O)C(C)(C)CO[N+](=O)[O-])C(=O)O. The number of amides is 1. The first-order chi connectivity index (χ1) is 10.3. The standard InChI is InChI=1S/C13H22N2O7S/c1-12(2,3)11(19)23-6-8(9(16)17)14-10(18)13(4,5)7-22-15(20)21/h8H,6-7H2,1-5H3,(H,14,18)(H,16,17). The van der Waals surface area contributed by atoms with Gasteiger partial charge in [-0.2, -0.15) is 0 Å². The molecule has 9 nitrogen and oxygen atoms in total. The summed E-state index contributed by atoms with van der Waals surface area (Å²) in [6.07, 6.45) is 0. The van der Waals surface area contributed by atoms with Gasteiger partial charge in [0.25, 0.3) is 5.09 Å². The van der Waals surface area contributed by atoms with Crippen LogP contribution < -0.4 is 5.32 Å². The van der Waals surface area contributed by atoms with Gasteiger partial charge in [-0.1, -0.05) is 32.5 Å². The van der Waals surface area contributed by atoms with Crippen LogP contribution in [0.2, 0.25) is 0 Å². The van der Waals surface area contributed by atoms with Crippen LogP contribution in [-0.4, -0.2) is 45.6 Å². The average Bonchev–Trinajstić information content (AvgIpc) is 2.39. The smallest absolute Gasteiger partial charge is 0.327 e. The van der Waals surface area contributed by atoms with E-state index in [1.165, 1.54) is 13.8 Å². The highest BCUT2D eigenvalue weighted by Crippen LogP contribution is 2.23. The zero-order valence-electron chi connectivity index (χ0n) is 13.7. The summed E-state index contributed by atoms with van der Waals surface area (Å²) < 4.78 is 0. The molecule has 0 saturated heterocycles. The number of thioether (sulfide) groups is 1. The van der Waals surface area contributed by atoms with Crippen LogP contribution >= 0.6 is 11.8 Å². The number of carbonyl (C=O) groups is 3. The normalized spacial score (nSPS) is 13.1. The molecule has 0 aromatic heterocycles. The maximum atomic E-state index is 12.1. The van der Waals surface area contributed by atoms with Crippen molar-refractivity contribution in [2.75, 3.05) is 12.4 Å². The third-order valence-corrected chi connectivity index (χ3v) is 4.12. The topological polar surface area (TPSA) is 136 Å². The highest BCUT2D eigenvalue weighted by atomic mass is 32.2. The first kappa shape index (κ1) is 21.2. The molecular formula is C13H22N2O7S. The molecule has 0 fully saturated rings. The van der Waals surface area contributed by atoms with E-state index in [0.29, 0.717) is 0 Å². The molecule has 0 aliphatic heterocycles. The minimum Gasteiger partial charge on any atom is -0.480 e. The van der Waals surface area contributed by atoms with E-state index >= 15 is 0 Å². The molecule has 1 amide bonds. The molecule has 0 radical (unpaired) electrons. The molecule has 23 heavy (non-hydrogen) atoms. The van der Waals surface area contributed by atoms with E-state index in [-0.39, 0.29) is 10.9 Å². The van der Waals surface area contributed by atoms with E-state index in [1.54, 1.807) is 20.8 Å². The van der Waals surface area contributed by atoms with Crippen molar-refractivity contribution in [2.45, 2.75) is 40.7 Å². The fourth-order valence-electron chi connectivity index (χ4n) is 1.18. The van der Waals surface area contributed by atoms with Crippen molar-refractivity contribution in [1.29, 1.82) is 0 Å². The Labute approximate surface area is 138 Å². The van der Waals surface area contributed by atoms with Crippen LogP contribution in [-0.2, 0) is 19.2 Å². The molecule has 0 aliphatic rings. The lowest BCUT2D eigenvalue weighted by Gasteiger charge is -2.25. The van der Waals surface area contributed by atoms with Gasteiger partial charge in [-0.25, -0.2) is 4.79 Å². The molecule has 0 spiro atoms. The summed E-state index contributed by atoms with van der Waals surface area (Å²) in [5.74, 6) is -2.14. The summed E-state index contributed by atoms with van der Waals surface area (Å²) in [4.78, 5) is 49.4. The summed E-state index contributed by atoms with van der Waals surface area (Å²) in [5.41, 5.74) is -1.92. The summed E-state index contributed by atoms with van der Waals surface area (Å²) in [6.45, 7) is 7.38. The van der Waals surface area contributed by atoms with E-state index in [4.69, 9.17) is 5.11 Å². The largest absolute Gasteiger partial charge is 0.480 e. The first-order valence-corrected chi connectivity index (χ1v) is 7.74. The number of aliphatic carboxylic acids is 1. The third kappa shape index (κ3) is 7.82. The van der Waals surface area contributed by atoms with Crippen LogP contribution in [0.25, 0.3) is 0 Å². The molecule has 0 aromatic carbocycles. The van der Waals surface area contributed by atoms with Crippen LogP contribution in [0.3, 0.4) is 0 Å². The van der Waals surface area contributed by atoms with Crippen molar-refractivity contribution in [2.24, 2.45) is 10.8 Å². The number of rotatable bonds is 8. The van der Waals surface area contributed by atoms with E-state index in [0.717, 1.165) is 11.8 Å². The monoisotopic (exact) mass is 350 g/mol. The zero-order valence-corrected chi connectivity index (χ0v) is 14.6. The van der Waals surface area contributed by atoms with E-state index in [9.17, 15) is 24.5 Å². The Morgan fingerprint density at radius 3 is 2.17 bits per heavy atom. The zero-order chi connectivity index (χ0) is 18.4. The van der Waals surface area contributed by atoms with Crippen molar-refractivity contribution in [3.05, 3.63) is 10.1 Å². The molecular weight excluding hydrogens is 328 g/mol. The molecule has 10 heteroatoms. The molecule has 1 atom stereocenters. The Balaban J connectivity index is 4.75. The Kier molecular flexibility index (Phi) is 7.49. The molecule has 0 heterocycles. The summed E-state index contributed by atoms with van der Waals surface area (Å²) in [7, 11) is 0. The lowest BCUT2D eigenvalue weighted by Crippen LogP contribution is -2.49. The van der Waals surface area contributed by atoms with Gasteiger partial charge in [0, 0.05) is 11.2 Å².